The number of carbonyl (C=O) groups excluding carboxylic acids is 2. The number of hydrogen-bond donors (Lipinski definition) is 0. The number of halogens is 1. The highest BCUT2D eigenvalue weighted by atomic mass is 35.5. The Balaban J connectivity index is 1.58. The van der Waals surface area contributed by atoms with Crippen LogP contribution < -0.4 is 0 Å². The molecule has 5 rings (SSSR count). The molecule has 1 aliphatic carbocycles. The second kappa shape index (κ2) is 6.15. The van der Waals surface area contributed by atoms with Crippen LogP contribution in [0.5, 0.6) is 0 Å². The molecule has 2 aromatic carbocycles. The number of ketones is 2. The van der Waals surface area contributed by atoms with Gasteiger partial charge < -0.3 is 4.74 Å². The molecular weight excluding hydrogens is 360 g/mol. The van der Waals surface area contributed by atoms with Crippen LogP contribution in [0.4, 0.5) is 0 Å². The van der Waals surface area contributed by atoms with E-state index in [4.69, 9.17) is 16.3 Å². The third-order valence-electron chi connectivity index (χ3n) is 6.14. The Morgan fingerprint density at radius 3 is 2.07 bits per heavy atom. The molecule has 0 radical (unpaired) electrons. The van der Waals surface area contributed by atoms with Gasteiger partial charge in [0.05, 0.1) is 24.0 Å². The molecule has 4 heteroatoms. The first-order chi connectivity index (χ1) is 13.1. The van der Waals surface area contributed by atoms with Gasteiger partial charge in [-0.1, -0.05) is 54.9 Å². The minimum Gasteiger partial charge on any atom is -0.365 e. The van der Waals surface area contributed by atoms with Crippen molar-refractivity contribution in [1.29, 1.82) is 0 Å². The zero-order chi connectivity index (χ0) is 18.7. The van der Waals surface area contributed by atoms with E-state index in [2.05, 4.69) is 6.92 Å². The third-order valence-corrected chi connectivity index (χ3v) is 6.39. The van der Waals surface area contributed by atoms with Gasteiger partial charge in [0.15, 0.2) is 11.6 Å². The molecular formula is C23H19ClO3. The summed E-state index contributed by atoms with van der Waals surface area (Å²) in [4.78, 5) is 26.4. The molecule has 0 N–H and O–H groups in total. The van der Waals surface area contributed by atoms with Crippen molar-refractivity contribution in [2.24, 2.45) is 11.8 Å². The zero-order valence-corrected chi connectivity index (χ0v) is 15.6. The molecule has 5 atom stereocenters. The van der Waals surface area contributed by atoms with Crippen molar-refractivity contribution in [1.82, 2.24) is 0 Å². The summed E-state index contributed by atoms with van der Waals surface area (Å²) in [5.74, 6) is -1.27. The Labute approximate surface area is 163 Å². The van der Waals surface area contributed by atoms with Crippen LogP contribution in [0.3, 0.4) is 0 Å². The van der Waals surface area contributed by atoms with Gasteiger partial charge >= 0.3 is 0 Å². The van der Waals surface area contributed by atoms with Crippen LogP contribution in [-0.4, -0.2) is 23.8 Å². The maximum absolute atomic E-state index is 13.2. The lowest BCUT2D eigenvalue weighted by molar-refractivity contribution is -0.127. The minimum atomic E-state index is -0.670. The lowest BCUT2D eigenvalue weighted by Gasteiger charge is -2.17. The van der Waals surface area contributed by atoms with Gasteiger partial charge in [0.2, 0.25) is 0 Å². The van der Waals surface area contributed by atoms with Gasteiger partial charge in [0.25, 0.3) is 0 Å². The van der Waals surface area contributed by atoms with E-state index in [1.165, 1.54) is 0 Å². The molecule has 0 aromatic heterocycles. The second-order valence-electron chi connectivity index (χ2n) is 7.51. The van der Waals surface area contributed by atoms with Crippen LogP contribution >= 0.6 is 11.6 Å². The molecule has 0 amide bonds. The SMILES string of the molecule is CCc1ccc(-c2ccc(Cl)cc2)cc1C1C(=O)[C@@H]2[C@H](C1=O)[C@H]1C=C[C@@H]2O1. The fraction of sp³-hybridized carbons (Fsp3) is 0.304. The van der Waals surface area contributed by atoms with Gasteiger partial charge in [-0.05, 0) is 46.9 Å². The van der Waals surface area contributed by atoms with Crippen molar-refractivity contribution in [3.05, 3.63) is 70.8 Å². The topological polar surface area (TPSA) is 43.4 Å². The number of benzene rings is 2. The van der Waals surface area contributed by atoms with E-state index >= 15 is 0 Å². The van der Waals surface area contributed by atoms with Crippen molar-refractivity contribution < 1.29 is 14.3 Å². The average molecular weight is 379 g/mol. The summed E-state index contributed by atoms with van der Waals surface area (Å²) in [6, 6.07) is 13.7. The Hall–Kier alpha value is -2.23. The van der Waals surface area contributed by atoms with Crippen molar-refractivity contribution >= 4 is 23.2 Å². The number of ether oxygens (including phenoxy) is 1. The molecule has 1 saturated heterocycles. The summed E-state index contributed by atoms with van der Waals surface area (Å²) in [5, 5.41) is 0.682. The van der Waals surface area contributed by atoms with Crippen LogP contribution in [0.2, 0.25) is 5.02 Å². The number of Topliss-reactive ketones (excluding diaryl/α,β-unsaturated/α-hetero) is 2. The molecule has 2 aliphatic heterocycles. The van der Waals surface area contributed by atoms with E-state index in [0.717, 1.165) is 28.7 Å². The van der Waals surface area contributed by atoms with Crippen LogP contribution in [0.15, 0.2) is 54.6 Å². The lowest BCUT2D eigenvalue weighted by atomic mass is 9.85. The first-order valence-corrected chi connectivity index (χ1v) is 9.76. The third kappa shape index (κ3) is 2.45. The van der Waals surface area contributed by atoms with Gasteiger partial charge in [-0.25, -0.2) is 0 Å². The normalized spacial score (nSPS) is 31.0. The minimum absolute atomic E-state index is 0.0183. The summed E-state index contributed by atoms with van der Waals surface area (Å²) < 4.78 is 5.76. The molecule has 2 bridgehead atoms. The first-order valence-electron chi connectivity index (χ1n) is 9.38. The van der Waals surface area contributed by atoms with E-state index < -0.39 is 5.92 Å². The summed E-state index contributed by atoms with van der Waals surface area (Å²) in [6.07, 6.45) is 4.19. The monoisotopic (exact) mass is 378 g/mol. The highest BCUT2D eigenvalue weighted by molar-refractivity contribution is 6.30. The fourth-order valence-electron chi connectivity index (χ4n) is 4.83. The molecule has 2 fully saturated rings. The summed E-state index contributed by atoms with van der Waals surface area (Å²) in [6.45, 7) is 2.06. The van der Waals surface area contributed by atoms with Crippen molar-refractivity contribution in [3.63, 3.8) is 0 Å². The fourth-order valence-corrected chi connectivity index (χ4v) is 4.95. The number of rotatable bonds is 3. The van der Waals surface area contributed by atoms with Gasteiger partial charge in [-0.3, -0.25) is 9.59 Å². The van der Waals surface area contributed by atoms with Gasteiger partial charge in [-0.2, -0.15) is 0 Å². The van der Waals surface area contributed by atoms with Crippen molar-refractivity contribution in [3.8, 4) is 11.1 Å². The van der Waals surface area contributed by atoms with Crippen LogP contribution in [0.1, 0.15) is 24.0 Å². The highest BCUT2D eigenvalue weighted by Gasteiger charge is 2.61. The van der Waals surface area contributed by atoms with E-state index in [9.17, 15) is 9.59 Å². The molecule has 1 saturated carbocycles. The zero-order valence-electron chi connectivity index (χ0n) is 14.9. The van der Waals surface area contributed by atoms with E-state index in [0.29, 0.717) is 5.02 Å². The lowest BCUT2D eigenvalue weighted by Crippen LogP contribution is -2.26. The van der Waals surface area contributed by atoms with E-state index in [-0.39, 0.29) is 35.6 Å². The first kappa shape index (κ1) is 16.9. The Kier molecular flexibility index (Phi) is 3.85. The quantitative estimate of drug-likeness (QED) is 0.588. The number of fused-ring (bicyclic) bond motifs is 5. The van der Waals surface area contributed by atoms with Crippen LogP contribution in [-0.2, 0) is 20.7 Å². The predicted molar refractivity (Wildman–Crippen MR) is 104 cm³/mol. The van der Waals surface area contributed by atoms with Gasteiger partial charge in [-0.15, -0.1) is 0 Å². The Morgan fingerprint density at radius 2 is 1.48 bits per heavy atom. The van der Waals surface area contributed by atoms with Crippen molar-refractivity contribution in [2.45, 2.75) is 31.5 Å². The Bertz CT molecular complexity index is 946. The van der Waals surface area contributed by atoms with Gasteiger partial charge in [0, 0.05) is 5.02 Å². The number of hydrogen-bond acceptors (Lipinski definition) is 3. The van der Waals surface area contributed by atoms with E-state index in [1.807, 2.05) is 54.6 Å². The number of aryl methyl sites for hydroxylation is 1. The van der Waals surface area contributed by atoms with Gasteiger partial charge in [0.1, 0.15) is 5.92 Å². The molecule has 2 heterocycles. The molecule has 2 aromatic rings. The van der Waals surface area contributed by atoms with E-state index in [1.54, 1.807) is 0 Å². The highest BCUT2D eigenvalue weighted by Crippen LogP contribution is 2.50. The smallest absolute Gasteiger partial charge is 0.154 e. The summed E-state index contributed by atoms with van der Waals surface area (Å²) in [5.41, 5.74) is 3.93. The molecule has 136 valence electrons. The standard InChI is InChI=1S/C23H19ClO3/c1-2-12-3-4-14(13-5-7-15(24)8-6-13)11-16(12)19-22(25)20-17-9-10-18(27-17)21(20)23(19)26/h3-11,17-21H,2H2,1H3/t17-,18+,19?,20-,21+. The number of carbonyl (C=O) groups is 2. The van der Waals surface area contributed by atoms with Crippen molar-refractivity contribution in [2.75, 3.05) is 0 Å². The largest absolute Gasteiger partial charge is 0.365 e. The maximum Gasteiger partial charge on any atom is 0.154 e. The molecule has 3 aliphatic rings. The van der Waals surface area contributed by atoms with Crippen LogP contribution in [0.25, 0.3) is 11.1 Å². The molecule has 0 spiro atoms. The Morgan fingerprint density at radius 1 is 0.889 bits per heavy atom. The molecule has 3 nitrogen and oxygen atoms in total. The summed E-state index contributed by atoms with van der Waals surface area (Å²) in [7, 11) is 0. The summed E-state index contributed by atoms with van der Waals surface area (Å²) >= 11 is 6.00. The molecule has 1 unspecified atom stereocenters. The predicted octanol–water partition coefficient (Wildman–Crippen LogP) is 4.37. The second-order valence-corrected chi connectivity index (χ2v) is 7.95. The van der Waals surface area contributed by atoms with Crippen LogP contribution in [0, 0.1) is 11.8 Å². The maximum atomic E-state index is 13.2. The molecule has 27 heavy (non-hydrogen) atoms. The average Bonchev–Trinajstić information content (AvgIpc) is 3.36.